The molecule has 222 valence electrons. The van der Waals surface area contributed by atoms with Crippen molar-refractivity contribution in [1.82, 2.24) is 10.0 Å². The first kappa shape index (κ1) is 31.8. The van der Waals surface area contributed by atoms with Gasteiger partial charge >= 0.3 is 5.97 Å². The van der Waals surface area contributed by atoms with E-state index >= 15 is 0 Å². The van der Waals surface area contributed by atoms with Crippen LogP contribution in [0.1, 0.15) is 43.9 Å². The Morgan fingerprint density at radius 2 is 1.33 bits per heavy atom. The smallest absolute Gasteiger partial charge is 0.343 e. The molecule has 3 amide bonds. The number of esters is 1. The zero-order valence-corrected chi connectivity index (χ0v) is 28.3. The molecule has 0 N–H and O–H groups in total. The number of ketones is 1. The zero-order chi connectivity index (χ0) is 31.0. The second-order valence-corrected chi connectivity index (χ2v) is 14.1. The third kappa shape index (κ3) is 6.76. The molecule has 13 heteroatoms. The van der Waals surface area contributed by atoms with Crippen molar-refractivity contribution < 1.29 is 28.7 Å². The number of imide groups is 1. The van der Waals surface area contributed by atoms with Crippen LogP contribution in [0, 0.1) is 11.8 Å². The molecule has 0 radical (unpaired) electrons. The standard InChI is InChI=1S/C30H21Br3Cl2N2O6/c31-18-6-1-16(2-7-18)30(42)43-19-8-3-15(4-9-19)26(38)14-36(27(39)17-5-10-24(34)25(35)11-17)37-28(40)20-12-22(32)23(33)13-21(20)29(37)41/h1-11,20-23H,12-14H2/t20-,21-,22-,23+/m1/s1. The lowest BCUT2D eigenvalue weighted by Gasteiger charge is -2.30. The van der Waals surface area contributed by atoms with Crippen LogP contribution in [0.5, 0.6) is 5.75 Å². The molecule has 0 bridgehead atoms. The number of carbonyl (C=O) groups excluding carboxylic acids is 5. The van der Waals surface area contributed by atoms with Gasteiger partial charge in [0, 0.05) is 25.3 Å². The van der Waals surface area contributed by atoms with Crippen LogP contribution >= 0.6 is 71.0 Å². The lowest BCUT2D eigenvalue weighted by molar-refractivity contribution is -0.154. The summed E-state index contributed by atoms with van der Waals surface area (Å²) in [5, 5.41) is 1.99. The molecular weight excluding hydrogens is 795 g/mol. The van der Waals surface area contributed by atoms with Crippen LogP contribution in [0.2, 0.25) is 10.0 Å². The van der Waals surface area contributed by atoms with Gasteiger partial charge in [-0.05, 0) is 79.6 Å². The lowest BCUT2D eigenvalue weighted by Crippen LogP contribution is -2.52. The van der Waals surface area contributed by atoms with Crippen molar-refractivity contribution in [1.29, 1.82) is 0 Å². The van der Waals surface area contributed by atoms with Crippen molar-refractivity contribution >= 4 is 100 Å². The van der Waals surface area contributed by atoms with Crippen molar-refractivity contribution in [3.63, 3.8) is 0 Å². The number of alkyl halides is 2. The molecule has 1 heterocycles. The number of hydrazine groups is 1. The Hall–Kier alpha value is -2.57. The molecule has 0 unspecified atom stereocenters. The van der Waals surface area contributed by atoms with Gasteiger partial charge in [-0.3, -0.25) is 19.2 Å². The molecular formula is C30H21Br3Cl2N2O6. The van der Waals surface area contributed by atoms with E-state index in [1.54, 1.807) is 24.3 Å². The third-order valence-electron chi connectivity index (χ3n) is 7.29. The average molecular weight is 816 g/mol. The summed E-state index contributed by atoms with van der Waals surface area (Å²) in [7, 11) is 0. The van der Waals surface area contributed by atoms with Crippen LogP contribution in [-0.4, -0.2) is 55.7 Å². The van der Waals surface area contributed by atoms with Crippen molar-refractivity contribution in [2.45, 2.75) is 22.5 Å². The van der Waals surface area contributed by atoms with Gasteiger partial charge < -0.3 is 4.74 Å². The Balaban J connectivity index is 1.39. The quantitative estimate of drug-likeness (QED) is 0.0828. The van der Waals surface area contributed by atoms with Crippen molar-refractivity contribution in [3.05, 3.63) is 97.9 Å². The van der Waals surface area contributed by atoms with Crippen LogP contribution in [0.25, 0.3) is 0 Å². The monoisotopic (exact) mass is 812 g/mol. The highest BCUT2D eigenvalue weighted by atomic mass is 79.9. The van der Waals surface area contributed by atoms with Gasteiger partial charge in [0.05, 0.1) is 27.4 Å². The van der Waals surface area contributed by atoms with Crippen molar-refractivity contribution in [3.8, 4) is 5.75 Å². The van der Waals surface area contributed by atoms with Crippen LogP contribution < -0.4 is 4.74 Å². The van der Waals surface area contributed by atoms with Gasteiger partial charge in [-0.25, -0.2) is 9.80 Å². The number of amides is 3. The summed E-state index contributed by atoms with van der Waals surface area (Å²) in [6.07, 6.45) is 0.787. The Bertz CT molecular complexity index is 1590. The number of nitrogens with zero attached hydrogens (tertiary/aromatic N) is 2. The summed E-state index contributed by atoms with van der Waals surface area (Å²) in [6, 6.07) is 16.6. The van der Waals surface area contributed by atoms with Gasteiger partial charge in [0.15, 0.2) is 5.78 Å². The van der Waals surface area contributed by atoms with E-state index in [1.807, 2.05) is 0 Å². The van der Waals surface area contributed by atoms with E-state index in [9.17, 15) is 24.0 Å². The number of halogens is 5. The van der Waals surface area contributed by atoms with Crippen molar-refractivity contribution in [2.75, 3.05) is 6.54 Å². The SMILES string of the molecule is O=C(CN(C(=O)c1ccc(Cl)c(Cl)c1)N1C(=O)[C@@H]2C[C@@H](Br)[C@@H](Br)C[C@H]2C1=O)c1ccc(OC(=O)c2ccc(Br)cc2)cc1. The first-order valence-electron chi connectivity index (χ1n) is 13.0. The minimum absolute atomic E-state index is 0.0392. The number of ether oxygens (including phenoxy) is 1. The van der Waals surface area contributed by atoms with Gasteiger partial charge in [0.1, 0.15) is 12.3 Å². The Morgan fingerprint density at radius 1 is 0.791 bits per heavy atom. The summed E-state index contributed by atoms with van der Waals surface area (Å²) < 4.78 is 6.21. The van der Waals surface area contributed by atoms with Crippen LogP contribution in [0.3, 0.4) is 0 Å². The maximum absolute atomic E-state index is 13.8. The van der Waals surface area contributed by atoms with Gasteiger partial charge in [0.2, 0.25) is 0 Å². The molecule has 0 spiro atoms. The number of benzene rings is 3. The summed E-state index contributed by atoms with van der Waals surface area (Å²) in [5.41, 5.74) is 0.565. The maximum Gasteiger partial charge on any atom is 0.343 e. The van der Waals surface area contributed by atoms with Crippen LogP contribution in [-0.2, 0) is 9.59 Å². The third-order valence-corrected chi connectivity index (χ3v) is 11.3. The molecule has 4 atom stereocenters. The summed E-state index contributed by atoms with van der Waals surface area (Å²) in [6.45, 7) is -0.608. The fourth-order valence-electron chi connectivity index (χ4n) is 5.02. The average Bonchev–Trinajstić information content (AvgIpc) is 3.21. The summed E-state index contributed by atoms with van der Waals surface area (Å²) in [4.78, 5) is 66.8. The van der Waals surface area contributed by atoms with E-state index in [-0.39, 0.29) is 36.6 Å². The Kier molecular flexibility index (Phi) is 9.77. The molecule has 1 saturated heterocycles. The Morgan fingerprint density at radius 3 is 1.88 bits per heavy atom. The normalized spacial score (nSPS) is 21.4. The summed E-state index contributed by atoms with van der Waals surface area (Å²) >= 11 is 22.6. The van der Waals surface area contributed by atoms with E-state index in [0.29, 0.717) is 18.4 Å². The largest absolute Gasteiger partial charge is 0.423 e. The second kappa shape index (κ2) is 13.2. The minimum Gasteiger partial charge on any atom is -0.423 e. The van der Waals surface area contributed by atoms with Gasteiger partial charge in [-0.2, -0.15) is 5.01 Å². The zero-order valence-electron chi connectivity index (χ0n) is 22.0. The van der Waals surface area contributed by atoms with E-state index in [1.165, 1.54) is 42.5 Å². The second-order valence-electron chi connectivity index (χ2n) is 10.0. The van der Waals surface area contributed by atoms with E-state index < -0.39 is 47.9 Å². The van der Waals surface area contributed by atoms with Gasteiger partial charge in [-0.15, -0.1) is 0 Å². The Labute approximate surface area is 282 Å². The maximum atomic E-state index is 13.8. The minimum atomic E-state index is -0.766. The number of rotatable bonds is 7. The number of hydrogen-bond donors (Lipinski definition) is 0. The highest BCUT2D eigenvalue weighted by Crippen LogP contribution is 2.44. The van der Waals surface area contributed by atoms with E-state index in [4.69, 9.17) is 27.9 Å². The number of hydrogen-bond acceptors (Lipinski definition) is 6. The van der Waals surface area contributed by atoms with Gasteiger partial charge in [-0.1, -0.05) is 71.0 Å². The summed E-state index contributed by atoms with van der Waals surface area (Å²) in [5.74, 6) is -4.05. The molecule has 8 nitrogen and oxygen atoms in total. The van der Waals surface area contributed by atoms with E-state index in [0.717, 1.165) is 14.5 Å². The molecule has 43 heavy (non-hydrogen) atoms. The molecule has 1 aliphatic carbocycles. The molecule has 2 aliphatic rings. The van der Waals surface area contributed by atoms with Crippen LogP contribution in [0.4, 0.5) is 0 Å². The lowest BCUT2D eigenvalue weighted by atomic mass is 9.81. The molecule has 0 aromatic heterocycles. The molecule has 1 aliphatic heterocycles. The number of carbonyl (C=O) groups is 5. The molecule has 3 aromatic rings. The molecule has 2 fully saturated rings. The molecule has 5 rings (SSSR count). The first-order chi connectivity index (χ1) is 20.4. The fourth-order valence-corrected chi connectivity index (χ4v) is 6.81. The van der Waals surface area contributed by atoms with E-state index in [2.05, 4.69) is 47.8 Å². The topological polar surface area (TPSA) is 101 Å². The number of Topliss-reactive ketones (excluding diaryl/α,β-unsaturated/α-hetero) is 1. The molecule has 1 saturated carbocycles. The molecule has 3 aromatic carbocycles. The predicted molar refractivity (Wildman–Crippen MR) is 171 cm³/mol. The first-order valence-corrected chi connectivity index (χ1v) is 16.4. The highest BCUT2D eigenvalue weighted by molar-refractivity contribution is 9.12. The van der Waals surface area contributed by atoms with Crippen molar-refractivity contribution in [2.24, 2.45) is 11.8 Å². The number of fused-ring (bicyclic) bond motifs is 1. The van der Waals surface area contributed by atoms with Gasteiger partial charge in [0.25, 0.3) is 17.7 Å². The van der Waals surface area contributed by atoms with Crippen LogP contribution in [0.15, 0.2) is 71.2 Å². The highest BCUT2D eigenvalue weighted by Gasteiger charge is 2.54. The fraction of sp³-hybridized carbons (Fsp3) is 0.233. The predicted octanol–water partition coefficient (Wildman–Crippen LogP) is 7.14.